The Morgan fingerprint density at radius 1 is 1.48 bits per heavy atom. The number of thiophene rings is 1. The van der Waals surface area contributed by atoms with Gasteiger partial charge in [-0.3, -0.25) is 9.59 Å². The van der Waals surface area contributed by atoms with E-state index in [0.717, 1.165) is 4.88 Å². The van der Waals surface area contributed by atoms with Crippen LogP contribution in [0.4, 0.5) is 0 Å². The van der Waals surface area contributed by atoms with Gasteiger partial charge in [-0.1, -0.05) is 25.6 Å². The highest BCUT2D eigenvalue weighted by Crippen LogP contribution is 2.25. The Balaban J connectivity index is 2.12. The fourth-order valence-electron chi connectivity index (χ4n) is 1.67. The number of rotatable bonds is 5. The van der Waals surface area contributed by atoms with Crippen LogP contribution in [-0.4, -0.2) is 27.8 Å². The van der Waals surface area contributed by atoms with E-state index in [4.69, 9.17) is 4.74 Å². The number of H-pyrrole nitrogens is 1. The molecule has 0 aromatic carbocycles. The number of hydrogen-bond acceptors (Lipinski definition) is 6. The zero-order valence-electron chi connectivity index (χ0n) is 12.4. The smallest absolute Gasteiger partial charge is 0.319 e. The van der Waals surface area contributed by atoms with Crippen molar-refractivity contribution in [3.63, 3.8) is 0 Å². The SMILES string of the molecule is Cc1cc2c(=O)[nH]c(SC(C)C(=O)OCC(C)C)nc2s1. The number of aromatic amines is 1. The van der Waals surface area contributed by atoms with Crippen LogP contribution in [0.1, 0.15) is 25.6 Å². The topological polar surface area (TPSA) is 72.0 Å². The first-order valence-electron chi connectivity index (χ1n) is 6.70. The number of fused-ring (bicyclic) bond motifs is 1. The molecule has 1 N–H and O–H groups in total. The van der Waals surface area contributed by atoms with Gasteiger partial charge < -0.3 is 9.72 Å². The molecule has 0 aliphatic heterocycles. The van der Waals surface area contributed by atoms with E-state index < -0.39 is 5.25 Å². The van der Waals surface area contributed by atoms with Crippen LogP contribution in [0.3, 0.4) is 0 Å². The van der Waals surface area contributed by atoms with Crippen molar-refractivity contribution in [3.8, 4) is 0 Å². The Morgan fingerprint density at radius 2 is 2.19 bits per heavy atom. The summed E-state index contributed by atoms with van der Waals surface area (Å²) in [5.74, 6) is 0.00771. The molecule has 1 unspecified atom stereocenters. The lowest BCUT2D eigenvalue weighted by Gasteiger charge is -2.11. The van der Waals surface area contributed by atoms with Gasteiger partial charge in [-0.2, -0.15) is 0 Å². The molecule has 2 aromatic rings. The normalized spacial score (nSPS) is 12.8. The molecule has 0 aliphatic rings. The van der Waals surface area contributed by atoms with Crippen molar-refractivity contribution < 1.29 is 9.53 Å². The summed E-state index contributed by atoms with van der Waals surface area (Å²) in [6, 6.07) is 1.82. The zero-order valence-corrected chi connectivity index (χ0v) is 14.1. The lowest BCUT2D eigenvalue weighted by atomic mass is 10.2. The number of thioether (sulfide) groups is 1. The summed E-state index contributed by atoms with van der Waals surface area (Å²) in [5, 5.41) is 0.630. The lowest BCUT2D eigenvalue weighted by molar-refractivity contribution is -0.143. The Morgan fingerprint density at radius 3 is 2.86 bits per heavy atom. The highest BCUT2D eigenvalue weighted by molar-refractivity contribution is 8.00. The second-order valence-electron chi connectivity index (χ2n) is 5.23. The first kappa shape index (κ1) is 16.0. The highest BCUT2D eigenvalue weighted by Gasteiger charge is 2.18. The Labute approximate surface area is 131 Å². The number of carbonyl (C=O) groups excluding carboxylic acids is 1. The number of esters is 1. The average molecular weight is 326 g/mol. The molecular weight excluding hydrogens is 308 g/mol. The molecule has 0 aliphatic carbocycles. The summed E-state index contributed by atoms with van der Waals surface area (Å²) >= 11 is 2.68. The number of nitrogens with one attached hydrogen (secondary N) is 1. The van der Waals surface area contributed by atoms with Crippen LogP contribution in [0.2, 0.25) is 0 Å². The number of carbonyl (C=O) groups is 1. The average Bonchev–Trinajstić information content (AvgIpc) is 2.76. The molecule has 0 fully saturated rings. The maximum Gasteiger partial charge on any atom is 0.319 e. The third kappa shape index (κ3) is 4.07. The van der Waals surface area contributed by atoms with Crippen LogP contribution in [0.15, 0.2) is 16.0 Å². The molecule has 114 valence electrons. The van der Waals surface area contributed by atoms with E-state index in [0.29, 0.717) is 27.9 Å². The summed E-state index contributed by atoms with van der Waals surface area (Å²) in [6.45, 7) is 8.05. The van der Waals surface area contributed by atoms with Gasteiger partial charge >= 0.3 is 5.97 Å². The van der Waals surface area contributed by atoms with Gasteiger partial charge in [0.2, 0.25) is 0 Å². The van der Waals surface area contributed by atoms with E-state index in [1.54, 1.807) is 6.92 Å². The van der Waals surface area contributed by atoms with E-state index in [9.17, 15) is 9.59 Å². The number of aromatic nitrogens is 2. The first-order chi connectivity index (χ1) is 9.86. The maximum absolute atomic E-state index is 12.0. The van der Waals surface area contributed by atoms with Crippen molar-refractivity contribution in [3.05, 3.63) is 21.3 Å². The summed E-state index contributed by atoms with van der Waals surface area (Å²) in [5.41, 5.74) is -0.172. The van der Waals surface area contributed by atoms with E-state index in [-0.39, 0.29) is 11.5 Å². The molecule has 0 saturated heterocycles. The van der Waals surface area contributed by atoms with E-state index in [1.807, 2.05) is 26.8 Å². The number of ether oxygens (including phenoxy) is 1. The van der Waals surface area contributed by atoms with Gasteiger partial charge in [-0.25, -0.2) is 4.98 Å². The van der Waals surface area contributed by atoms with E-state index in [1.165, 1.54) is 23.1 Å². The summed E-state index contributed by atoms with van der Waals surface area (Å²) in [6.07, 6.45) is 0. The molecule has 5 nitrogen and oxygen atoms in total. The number of hydrogen-bond donors (Lipinski definition) is 1. The minimum Gasteiger partial charge on any atom is -0.465 e. The maximum atomic E-state index is 12.0. The zero-order chi connectivity index (χ0) is 15.6. The second-order valence-corrected chi connectivity index (χ2v) is 7.80. The van der Waals surface area contributed by atoms with Crippen molar-refractivity contribution in [2.24, 2.45) is 5.92 Å². The first-order valence-corrected chi connectivity index (χ1v) is 8.40. The molecule has 0 bridgehead atoms. The van der Waals surface area contributed by atoms with Crippen molar-refractivity contribution in [1.82, 2.24) is 9.97 Å². The monoisotopic (exact) mass is 326 g/mol. The van der Waals surface area contributed by atoms with Gasteiger partial charge in [0.1, 0.15) is 10.1 Å². The van der Waals surface area contributed by atoms with E-state index >= 15 is 0 Å². The fraction of sp³-hybridized carbons (Fsp3) is 0.500. The molecule has 21 heavy (non-hydrogen) atoms. The van der Waals surface area contributed by atoms with Crippen LogP contribution in [0, 0.1) is 12.8 Å². The van der Waals surface area contributed by atoms with E-state index in [2.05, 4.69) is 9.97 Å². The third-order valence-electron chi connectivity index (χ3n) is 2.68. The van der Waals surface area contributed by atoms with Gasteiger partial charge in [-0.05, 0) is 25.8 Å². The standard InChI is InChI=1S/C14H18N2O3S2/c1-7(2)6-19-13(18)9(4)21-14-15-11(17)10-5-8(3)20-12(10)16-14/h5,7,9H,6H2,1-4H3,(H,15,16,17). The Kier molecular flexibility index (Phi) is 5.05. The fourth-order valence-corrected chi connectivity index (χ4v) is 3.40. The predicted octanol–water partition coefficient (Wildman–Crippen LogP) is 2.97. The molecule has 2 heterocycles. The van der Waals surface area contributed by atoms with Crippen LogP contribution in [-0.2, 0) is 9.53 Å². The molecule has 0 spiro atoms. The van der Waals surface area contributed by atoms with Gasteiger partial charge in [0.05, 0.1) is 12.0 Å². The molecule has 2 aromatic heterocycles. The minimum atomic E-state index is -0.412. The molecular formula is C14H18N2O3S2. The Bertz CT molecular complexity index is 706. The number of aryl methyl sites for hydroxylation is 1. The van der Waals surface area contributed by atoms with Gasteiger partial charge in [0.15, 0.2) is 5.16 Å². The molecule has 0 radical (unpaired) electrons. The van der Waals surface area contributed by atoms with Crippen molar-refractivity contribution in [2.75, 3.05) is 6.61 Å². The van der Waals surface area contributed by atoms with Crippen LogP contribution >= 0.6 is 23.1 Å². The largest absolute Gasteiger partial charge is 0.465 e. The lowest BCUT2D eigenvalue weighted by Crippen LogP contribution is -2.20. The van der Waals surface area contributed by atoms with Crippen LogP contribution in [0.5, 0.6) is 0 Å². The van der Waals surface area contributed by atoms with Crippen LogP contribution < -0.4 is 5.56 Å². The Hall–Kier alpha value is -1.34. The molecule has 2 rings (SSSR count). The minimum absolute atomic E-state index is 0.172. The van der Waals surface area contributed by atoms with Crippen molar-refractivity contribution in [2.45, 2.75) is 38.1 Å². The van der Waals surface area contributed by atoms with Crippen LogP contribution in [0.25, 0.3) is 10.2 Å². The van der Waals surface area contributed by atoms with Gasteiger partial charge in [0.25, 0.3) is 5.56 Å². The molecule has 7 heteroatoms. The summed E-state index contributed by atoms with van der Waals surface area (Å²) in [7, 11) is 0. The van der Waals surface area contributed by atoms with Gasteiger partial charge in [-0.15, -0.1) is 11.3 Å². The number of nitrogens with zero attached hydrogens (tertiary/aromatic N) is 1. The predicted molar refractivity (Wildman–Crippen MR) is 86.1 cm³/mol. The van der Waals surface area contributed by atoms with Gasteiger partial charge in [0, 0.05) is 4.88 Å². The summed E-state index contributed by atoms with van der Waals surface area (Å²) in [4.78, 5) is 32.6. The molecule has 0 saturated carbocycles. The second kappa shape index (κ2) is 6.62. The van der Waals surface area contributed by atoms with Crippen molar-refractivity contribution >= 4 is 39.3 Å². The summed E-state index contributed by atoms with van der Waals surface area (Å²) < 4.78 is 5.18. The molecule has 0 amide bonds. The quantitative estimate of drug-likeness (QED) is 0.519. The highest BCUT2D eigenvalue weighted by atomic mass is 32.2. The van der Waals surface area contributed by atoms with Crippen molar-refractivity contribution in [1.29, 1.82) is 0 Å². The third-order valence-corrected chi connectivity index (χ3v) is 4.59. The molecule has 1 atom stereocenters.